The van der Waals surface area contributed by atoms with Crippen molar-refractivity contribution in [3.8, 4) is 0 Å². The average molecular weight is 300 g/mol. The molecule has 2 rings (SSSR count). The van der Waals surface area contributed by atoms with Crippen molar-refractivity contribution in [2.45, 2.75) is 38.8 Å². The summed E-state index contributed by atoms with van der Waals surface area (Å²) in [5, 5.41) is 8.32. The first-order chi connectivity index (χ1) is 8.89. The molecule has 2 aromatic rings. The van der Waals surface area contributed by atoms with Crippen LogP contribution in [0.2, 0.25) is 0 Å². The Labute approximate surface area is 116 Å². The van der Waals surface area contributed by atoms with Crippen molar-refractivity contribution < 1.29 is 8.42 Å². The van der Waals surface area contributed by atoms with Gasteiger partial charge in [0.15, 0.2) is 9.84 Å². The Kier molecular flexibility index (Phi) is 4.00. The minimum Gasteiger partial charge on any atom is -0.253 e. The second-order valence-corrected chi connectivity index (χ2v) is 7.70. The van der Waals surface area contributed by atoms with E-state index in [1.54, 1.807) is 10.9 Å². The summed E-state index contributed by atoms with van der Waals surface area (Å²) < 4.78 is 25.8. The molecule has 2 heterocycles. The molecule has 0 bridgehead atoms. The zero-order valence-corrected chi connectivity index (χ0v) is 12.8. The van der Waals surface area contributed by atoms with Gasteiger partial charge >= 0.3 is 0 Å². The van der Waals surface area contributed by atoms with Crippen LogP contribution in [-0.4, -0.2) is 28.4 Å². The molecule has 19 heavy (non-hydrogen) atoms. The van der Waals surface area contributed by atoms with Crippen molar-refractivity contribution in [3.05, 3.63) is 27.5 Å². The van der Waals surface area contributed by atoms with Crippen molar-refractivity contribution in [2.75, 3.05) is 0 Å². The topological polar surface area (TPSA) is 77.7 Å². The lowest BCUT2D eigenvalue weighted by Gasteiger charge is -1.98. The van der Waals surface area contributed by atoms with Crippen LogP contribution in [0.15, 0.2) is 6.20 Å². The summed E-state index contributed by atoms with van der Waals surface area (Å²) >= 11 is 1.43. The summed E-state index contributed by atoms with van der Waals surface area (Å²) in [7, 11) is -3.25. The third-order valence-corrected chi connectivity index (χ3v) is 5.40. The second-order valence-electron chi connectivity index (χ2n) is 4.35. The van der Waals surface area contributed by atoms with Crippen LogP contribution >= 0.6 is 11.3 Å². The number of hydrogen-bond acceptors (Lipinski definition) is 6. The van der Waals surface area contributed by atoms with Crippen molar-refractivity contribution in [3.63, 3.8) is 0 Å². The third kappa shape index (κ3) is 3.60. The summed E-state index contributed by atoms with van der Waals surface area (Å²) in [4.78, 5) is 5.31. The number of thiazole rings is 1. The van der Waals surface area contributed by atoms with Gasteiger partial charge in [0.05, 0.1) is 17.1 Å². The highest BCUT2D eigenvalue weighted by Crippen LogP contribution is 2.19. The Morgan fingerprint density at radius 2 is 2.05 bits per heavy atom. The van der Waals surface area contributed by atoms with Gasteiger partial charge in [-0.25, -0.2) is 13.4 Å². The average Bonchev–Trinajstić information content (AvgIpc) is 2.85. The van der Waals surface area contributed by atoms with Gasteiger partial charge in [-0.05, 0) is 20.8 Å². The smallest absolute Gasteiger partial charge is 0.162 e. The number of hydrogen-bond donors (Lipinski definition) is 0. The molecule has 104 valence electrons. The van der Waals surface area contributed by atoms with Crippen LogP contribution in [0.25, 0.3) is 0 Å². The normalized spacial score (nSPS) is 11.9. The first-order valence-electron chi connectivity index (χ1n) is 5.92. The Bertz CT molecular complexity index is 653. The van der Waals surface area contributed by atoms with Crippen molar-refractivity contribution in [1.82, 2.24) is 20.0 Å². The van der Waals surface area contributed by atoms with Gasteiger partial charge in [0.25, 0.3) is 0 Å². The van der Waals surface area contributed by atoms with Crippen LogP contribution in [0.5, 0.6) is 0 Å². The van der Waals surface area contributed by atoms with E-state index in [1.165, 1.54) is 11.3 Å². The molecule has 0 aliphatic heterocycles. The molecule has 0 amide bonds. The Balaban J connectivity index is 2.10. The van der Waals surface area contributed by atoms with Crippen molar-refractivity contribution in [2.24, 2.45) is 0 Å². The fraction of sp³-hybridized carbons (Fsp3) is 0.545. The van der Waals surface area contributed by atoms with E-state index in [4.69, 9.17) is 0 Å². The molecular formula is C11H16N4O2S2. The molecule has 6 nitrogen and oxygen atoms in total. The number of aromatic nitrogens is 4. The molecule has 0 radical (unpaired) electrons. The number of rotatable bonds is 5. The quantitative estimate of drug-likeness (QED) is 0.836. The highest BCUT2D eigenvalue weighted by Gasteiger charge is 2.18. The van der Waals surface area contributed by atoms with Crippen LogP contribution < -0.4 is 0 Å². The molecule has 0 unspecified atom stereocenters. The third-order valence-electron chi connectivity index (χ3n) is 2.69. The fourth-order valence-corrected chi connectivity index (χ4v) is 4.25. The molecule has 0 aliphatic rings. The summed E-state index contributed by atoms with van der Waals surface area (Å²) in [6, 6.07) is 0. The van der Waals surface area contributed by atoms with Crippen molar-refractivity contribution >= 4 is 21.2 Å². The molecule has 8 heteroatoms. The van der Waals surface area contributed by atoms with Crippen LogP contribution in [0.1, 0.15) is 28.2 Å². The Hall–Kier alpha value is -1.28. The van der Waals surface area contributed by atoms with Gasteiger partial charge in [-0.15, -0.1) is 16.4 Å². The summed E-state index contributed by atoms with van der Waals surface area (Å²) in [6.07, 6.45) is 1.66. The van der Waals surface area contributed by atoms with E-state index >= 15 is 0 Å². The van der Waals surface area contributed by atoms with E-state index in [9.17, 15) is 8.42 Å². The van der Waals surface area contributed by atoms with Crippen LogP contribution in [-0.2, 0) is 27.9 Å². The van der Waals surface area contributed by atoms with Gasteiger partial charge in [0, 0.05) is 17.6 Å². The van der Waals surface area contributed by atoms with E-state index in [0.717, 1.165) is 10.6 Å². The Morgan fingerprint density at radius 1 is 1.32 bits per heavy atom. The maximum Gasteiger partial charge on any atom is 0.162 e. The maximum atomic E-state index is 12.1. The van der Waals surface area contributed by atoms with Crippen molar-refractivity contribution in [1.29, 1.82) is 0 Å². The molecule has 0 N–H and O–H groups in total. The molecule has 0 saturated carbocycles. The van der Waals surface area contributed by atoms with E-state index in [-0.39, 0.29) is 11.5 Å². The lowest BCUT2D eigenvalue weighted by atomic mass is 10.4. The fourth-order valence-electron chi connectivity index (χ4n) is 1.62. The van der Waals surface area contributed by atoms with Gasteiger partial charge in [0.2, 0.25) is 0 Å². The predicted octanol–water partition coefficient (Wildman–Crippen LogP) is 1.49. The molecule has 0 atom stereocenters. The molecule has 0 fully saturated rings. The van der Waals surface area contributed by atoms with Gasteiger partial charge in [0.1, 0.15) is 10.8 Å². The van der Waals surface area contributed by atoms with E-state index in [1.807, 2.05) is 20.8 Å². The minimum atomic E-state index is -3.25. The van der Waals surface area contributed by atoms with Gasteiger partial charge < -0.3 is 0 Å². The van der Waals surface area contributed by atoms with Crippen LogP contribution in [0.4, 0.5) is 0 Å². The molecule has 0 aromatic carbocycles. The molecular weight excluding hydrogens is 284 g/mol. The first kappa shape index (κ1) is 14.1. The van der Waals surface area contributed by atoms with Crippen LogP contribution in [0.3, 0.4) is 0 Å². The van der Waals surface area contributed by atoms with E-state index < -0.39 is 9.84 Å². The second kappa shape index (κ2) is 5.38. The zero-order chi connectivity index (χ0) is 14.0. The SMILES string of the molecule is CCn1cc(CS(=O)(=O)Cc2nc(C)c(C)s2)nn1. The van der Waals surface area contributed by atoms with Gasteiger partial charge in [-0.2, -0.15) is 0 Å². The zero-order valence-electron chi connectivity index (χ0n) is 11.1. The Morgan fingerprint density at radius 3 is 2.58 bits per heavy atom. The van der Waals surface area contributed by atoms with Crippen LogP contribution in [0, 0.1) is 13.8 Å². The molecule has 0 spiro atoms. The number of sulfone groups is 1. The van der Waals surface area contributed by atoms with E-state index in [2.05, 4.69) is 15.3 Å². The van der Waals surface area contributed by atoms with E-state index in [0.29, 0.717) is 17.2 Å². The van der Waals surface area contributed by atoms with Gasteiger partial charge in [-0.3, -0.25) is 4.68 Å². The highest BCUT2D eigenvalue weighted by molar-refractivity contribution is 7.89. The first-order valence-corrected chi connectivity index (χ1v) is 8.55. The standard InChI is InChI=1S/C11H16N4O2S2/c1-4-15-5-10(13-14-15)6-19(16,17)7-11-12-8(2)9(3)18-11/h5H,4,6-7H2,1-3H3. The predicted molar refractivity (Wildman–Crippen MR) is 73.6 cm³/mol. The monoisotopic (exact) mass is 300 g/mol. The highest BCUT2D eigenvalue weighted by atomic mass is 32.2. The molecule has 0 saturated heterocycles. The number of nitrogens with zero attached hydrogens (tertiary/aromatic N) is 4. The maximum absolute atomic E-state index is 12.1. The molecule has 2 aromatic heterocycles. The largest absolute Gasteiger partial charge is 0.253 e. The number of aryl methyl sites for hydroxylation is 3. The summed E-state index contributed by atoms with van der Waals surface area (Å²) in [5.41, 5.74) is 1.37. The summed E-state index contributed by atoms with van der Waals surface area (Å²) in [6.45, 7) is 6.43. The summed E-state index contributed by atoms with van der Waals surface area (Å²) in [5.74, 6) is -0.129. The minimum absolute atomic E-state index is 0.0364. The van der Waals surface area contributed by atoms with Gasteiger partial charge in [-0.1, -0.05) is 5.21 Å². The molecule has 0 aliphatic carbocycles. The lowest BCUT2D eigenvalue weighted by molar-refractivity contribution is 0.593. The lowest BCUT2D eigenvalue weighted by Crippen LogP contribution is -2.08.